The van der Waals surface area contributed by atoms with Crippen molar-refractivity contribution in [3.8, 4) is 0 Å². The lowest BCUT2D eigenvalue weighted by Gasteiger charge is -2.30. The zero-order chi connectivity index (χ0) is 40.0. The zero-order valence-corrected chi connectivity index (χ0v) is 37.6. The second-order valence-electron chi connectivity index (χ2n) is 17.5. The number of unbranched alkanes of at least 4 members (excludes halogenated alkanes) is 30. The Bertz CT molecular complexity index is 855. The van der Waals surface area contributed by atoms with E-state index in [4.69, 9.17) is 9.05 Å². The Morgan fingerprint density at radius 1 is 0.574 bits per heavy atom. The minimum Gasteiger partial charge on any atom is -0.756 e. The highest BCUT2D eigenvalue weighted by Crippen LogP contribution is 2.38. The molecule has 0 aromatic rings. The molecule has 0 rings (SSSR count). The monoisotopic (exact) mass is 789 g/mol. The summed E-state index contributed by atoms with van der Waals surface area (Å²) in [6.07, 6.45) is 41.6. The molecule has 0 fully saturated rings. The Labute approximate surface area is 336 Å². The van der Waals surface area contributed by atoms with Gasteiger partial charge in [0.05, 0.1) is 39.9 Å². The van der Waals surface area contributed by atoms with Crippen molar-refractivity contribution in [2.24, 2.45) is 0 Å². The molecule has 0 saturated heterocycles. The SMILES string of the molecule is CCCCCCCCCCCCCCCCCCCCCCCCCCCCC(=O)NC(COP(=O)([O-])OCC[N+](C)(C)C)C(O)CCCCCCCC. The first-order valence-electron chi connectivity index (χ1n) is 23.4. The van der Waals surface area contributed by atoms with Crippen molar-refractivity contribution in [1.82, 2.24) is 5.32 Å². The summed E-state index contributed by atoms with van der Waals surface area (Å²) in [5.74, 6) is -0.165. The first kappa shape index (κ1) is 53.5. The highest BCUT2D eigenvalue weighted by atomic mass is 31.2. The lowest BCUT2D eigenvalue weighted by Crippen LogP contribution is -2.46. The molecule has 0 saturated carbocycles. The molecule has 0 heterocycles. The van der Waals surface area contributed by atoms with Crippen LogP contribution in [0.3, 0.4) is 0 Å². The first-order valence-corrected chi connectivity index (χ1v) is 24.8. The average Bonchev–Trinajstić information content (AvgIpc) is 3.12. The van der Waals surface area contributed by atoms with Crippen molar-refractivity contribution < 1.29 is 32.9 Å². The number of hydrogen-bond donors (Lipinski definition) is 2. The van der Waals surface area contributed by atoms with E-state index in [1.165, 1.54) is 167 Å². The number of quaternary nitrogens is 1. The Morgan fingerprint density at radius 2 is 0.907 bits per heavy atom. The van der Waals surface area contributed by atoms with E-state index in [1.807, 2.05) is 21.1 Å². The molecule has 8 nitrogen and oxygen atoms in total. The van der Waals surface area contributed by atoms with Gasteiger partial charge in [0, 0.05) is 6.42 Å². The molecule has 0 spiro atoms. The Balaban J connectivity index is 3.92. The molecule has 324 valence electrons. The van der Waals surface area contributed by atoms with Crippen LogP contribution in [-0.2, 0) is 18.4 Å². The lowest BCUT2D eigenvalue weighted by molar-refractivity contribution is -0.870. The summed E-state index contributed by atoms with van der Waals surface area (Å²) in [7, 11) is 1.31. The van der Waals surface area contributed by atoms with Crippen LogP contribution in [-0.4, -0.2) is 68.5 Å². The topological polar surface area (TPSA) is 108 Å². The van der Waals surface area contributed by atoms with Gasteiger partial charge in [-0.15, -0.1) is 0 Å². The van der Waals surface area contributed by atoms with Crippen molar-refractivity contribution >= 4 is 13.7 Å². The normalized spacial score (nSPS) is 14.3. The van der Waals surface area contributed by atoms with Crippen LogP contribution in [0.5, 0.6) is 0 Å². The van der Waals surface area contributed by atoms with Gasteiger partial charge in [0.2, 0.25) is 5.91 Å². The molecule has 0 aromatic heterocycles. The van der Waals surface area contributed by atoms with E-state index in [-0.39, 0.29) is 19.1 Å². The number of aliphatic hydroxyl groups excluding tert-OH is 1. The summed E-state index contributed by atoms with van der Waals surface area (Å²) in [4.78, 5) is 25.2. The van der Waals surface area contributed by atoms with Gasteiger partial charge in [0.15, 0.2) is 0 Å². The molecule has 54 heavy (non-hydrogen) atoms. The highest BCUT2D eigenvalue weighted by Gasteiger charge is 2.24. The number of phosphoric acid groups is 1. The van der Waals surface area contributed by atoms with Crippen molar-refractivity contribution in [3.63, 3.8) is 0 Å². The number of amides is 1. The number of carbonyl (C=O) groups excluding carboxylic acids is 1. The smallest absolute Gasteiger partial charge is 0.268 e. The number of aliphatic hydroxyl groups is 1. The van der Waals surface area contributed by atoms with Crippen LogP contribution in [0.1, 0.15) is 232 Å². The van der Waals surface area contributed by atoms with Gasteiger partial charge in [-0.3, -0.25) is 9.36 Å². The van der Waals surface area contributed by atoms with Crippen LogP contribution >= 0.6 is 7.82 Å². The molecule has 0 radical (unpaired) electrons. The van der Waals surface area contributed by atoms with E-state index in [0.29, 0.717) is 23.9 Å². The van der Waals surface area contributed by atoms with Gasteiger partial charge in [-0.05, 0) is 12.8 Å². The van der Waals surface area contributed by atoms with Gasteiger partial charge in [-0.2, -0.15) is 0 Å². The lowest BCUT2D eigenvalue weighted by atomic mass is 10.0. The van der Waals surface area contributed by atoms with E-state index in [2.05, 4.69) is 19.2 Å². The molecular formula is C45H93N2O6P. The predicted molar refractivity (Wildman–Crippen MR) is 229 cm³/mol. The minimum absolute atomic E-state index is 0.0151. The highest BCUT2D eigenvalue weighted by molar-refractivity contribution is 7.45. The van der Waals surface area contributed by atoms with Gasteiger partial charge in [-0.1, -0.05) is 213 Å². The number of carbonyl (C=O) groups is 1. The van der Waals surface area contributed by atoms with E-state index in [1.54, 1.807) is 0 Å². The van der Waals surface area contributed by atoms with Crippen LogP contribution in [0, 0.1) is 0 Å². The predicted octanol–water partition coefficient (Wildman–Crippen LogP) is 12.3. The first-order chi connectivity index (χ1) is 26.0. The molecule has 0 aliphatic heterocycles. The van der Waals surface area contributed by atoms with E-state index in [0.717, 1.165) is 38.5 Å². The van der Waals surface area contributed by atoms with Crippen molar-refractivity contribution in [3.05, 3.63) is 0 Å². The number of nitrogens with one attached hydrogen (secondary N) is 1. The van der Waals surface area contributed by atoms with Crippen LogP contribution in [0.4, 0.5) is 0 Å². The average molecular weight is 789 g/mol. The molecule has 0 aliphatic rings. The number of hydrogen-bond acceptors (Lipinski definition) is 6. The van der Waals surface area contributed by atoms with Gasteiger partial charge >= 0.3 is 0 Å². The van der Waals surface area contributed by atoms with Gasteiger partial charge in [0.1, 0.15) is 13.2 Å². The Morgan fingerprint density at radius 3 is 1.26 bits per heavy atom. The largest absolute Gasteiger partial charge is 0.756 e. The molecule has 2 N–H and O–H groups in total. The van der Waals surface area contributed by atoms with E-state index < -0.39 is 20.0 Å². The van der Waals surface area contributed by atoms with Gasteiger partial charge in [0.25, 0.3) is 7.82 Å². The fourth-order valence-corrected chi connectivity index (χ4v) is 7.82. The summed E-state index contributed by atoms with van der Waals surface area (Å²) in [6, 6.07) is -0.790. The summed E-state index contributed by atoms with van der Waals surface area (Å²) in [6.45, 7) is 4.67. The third kappa shape index (κ3) is 39.7. The van der Waals surface area contributed by atoms with Gasteiger partial charge in [-0.25, -0.2) is 0 Å². The second-order valence-corrected chi connectivity index (χ2v) is 18.9. The molecule has 0 aliphatic carbocycles. The summed E-state index contributed by atoms with van der Waals surface area (Å²) in [5, 5.41) is 13.7. The van der Waals surface area contributed by atoms with Crippen LogP contribution in [0.2, 0.25) is 0 Å². The summed E-state index contributed by atoms with van der Waals surface area (Å²) < 4.78 is 23.1. The quantitative estimate of drug-likeness (QED) is 0.0362. The number of phosphoric ester groups is 1. The number of likely N-dealkylation sites (N-methyl/N-ethyl adjacent to an activating group) is 1. The van der Waals surface area contributed by atoms with Crippen molar-refractivity contribution in [2.45, 2.75) is 244 Å². The van der Waals surface area contributed by atoms with Gasteiger partial charge < -0.3 is 28.8 Å². The standard InChI is InChI=1S/C45H93N2O6P/c1-6-8-10-12-14-15-16-17-18-19-20-21-22-23-24-25-26-27-28-29-30-31-32-33-35-37-39-45(49)46-43(44(48)38-36-34-13-11-9-7-2)42-53-54(50,51)52-41-40-47(3,4)5/h43-44,48H,6-42H2,1-5H3,(H-,46,49,50,51). The fraction of sp³-hybridized carbons (Fsp3) is 0.978. The Hall–Kier alpha value is -0.500. The minimum atomic E-state index is -4.54. The second kappa shape index (κ2) is 38.0. The van der Waals surface area contributed by atoms with Crippen LogP contribution < -0.4 is 10.2 Å². The fourth-order valence-electron chi connectivity index (χ4n) is 7.10. The number of rotatable bonds is 43. The third-order valence-electron chi connectivity index (χ3n) is 10.8. The van der Waals surface area contributed by atoms with E-state index >= 15 is 0 Å². The molecular weight excluding hydrogens is 695 g/mol. The summed E-state index contributed by atoms with van der Waals surface area (Å²) in [5.41, 5.74) is 0. The molecule has 1 amide bonds. The third-order valence-corrected chi connectivity index (χ3v) is 11.8. The maximum Gasteiger partial charge on any atom is 0.268 e. The molecule has 9 heteroatoms. The maximum atomic E-state index is 12.8. The maximum absolute atomic E-state index is 12.8. The number of nitrogens with zero attached hydrogens (tertiary/aromatic N) is 1. The molecule has 3 unspecified atom stereocenters. The molecule has 3 atom stereocenters. The van der Waals surface area contributed by atoms with Crippen LogP contribution in [0.25, 0.3) is 0 Å². The van der Waals surface area contributed by atoms with Crippen molar-refractivity contribution in [1.29, 1.82) is 0 Å². The Kier molecular flexibility index (Phi) is 37.7. The van der Waals surface area contributed by atoms with E-state index in [9.17, 15) is 19.4 Å². The molecule has 0 bridgehead atoms. The van der Waals surface area contributed by atoms with Crippen molar-refractivity contribution in [2.75, 3.05) is 40.9 Å². The molecule has 0 aromatic carbocycles. The van der Waals surface area contributed by atoms with Crippen LogP contribution in [0.15, 0.2) is 0 Å². The summed E-state index contributed by atoms with van der Waals surface area (Å²) >= 11 is 0. The zero-order valence-electron chi connectivity index (χ0n) is 36.7.